The normalized spacial score (nSPS) is 13.6. The Kier molecular flexibility index (Phi) is 3.75. The molecule has 0 amide bonds. The van der Waals surface area contributed by atoms with Crippen LogP contribution in [0.3, 0.4) is 0 Å². The molecule has 0 saturated heterocycles. The van der Waals surface area contributed by atoms with E-state index in [1.807, 2.05) is 0 Å². The van der Waals surface area contributed by atoms with E-state index in [2.05, 4.69) is 64.1 Å². The standard InChI is InChI=1S/C20H24O/c1-13(2)17-9-5-7-15-11-12-16-8-6-10-18(14(3)4)20(16)21-19(15)17/h5-10,13-14H,11-12H2,1-4H3. The highest BCUT2D eigenvalue weighted by atomic mass is 16.5. The molecule has 0 spiro atoms. The van der Waals surface area contributed by atoms with Crippen molar-refractivity contribution in [3.8, 4) is 11.5 Å². The van der Waals surface area contributed by atoms with E-state index in [1.165, 1.54) is 22.3 Å². The van der Waals surface area contributed by atoms with Gasteiger partial charge in [0.2, 0.25) is 0 Å². The molecule has 1 heterocycles. The number of benzene rings is 2. The molecule has 0 bridgehead atoms. The van der Waals surface area contributed by atoms with Crippen LogP contribution in [0.2, 0.25) is 0 Å². The predicted molar refractivity (Wildman–Crippen MR) is 88.5 cm³/mol. The number of para-hydroxylation sites is 2. The molecular formula is C20H24O. The Bertz CT molecular complexity index is 595. The smallest absolute Gasteiger partial charge is 0.134 e. The van der Waals surface area contributed by atoms with E-state index in [1.54, 1.807) is 0 Å². The molecule has 110 valence electrons. The van der Waals surface area contributed by atoms with Crippen LogP contribution in [0.1, 0.15) is 61.8 Å². The summed E-state index contributed by atoms with van der Waals surface area (Å²) in [6.07, 6.45) is 2.12. The van der Waals surface area contributed by atoms with Gasteiger partial charge in [0, 0.05) is 0 Å². The highest BCUT2D eigenvalue weighted by molar-refractivity contribution is 5.53. The highest BCUT2D eigenvalue weighted by Crippen LogP contribution is 2.42. The summed E-state index contributed by atoms with van der Waals surface area (Å²) in [6.45, 7) is 8.94. The lowest BCUT2D eigenvalue weighted by atomic mass is 9.96. The molecule has 1 heteroatoms. The third kappa shape index (κ3) is 2.57. The van der Waals surface area contributed by atoms with Crippen molar-refractivity contribution in [3.63, 3.8) is 0 Å². The maximum atomic E-state index is 6.49. The molecule has 0 aliphatic carbocycles. The molecule has 1 aliphatic heterocycles. The number of rotatable bonds is 2. The van der Waals surface area contributed by atoms with Gasteiger partial charge in [-0.1, -0.05) is 64.1 Å². The quantitative estimate of drug-likeness (QED) is 0.673. The van der Waals surface area contributed by atoms with E-state index < -0.39 is 0 Å². The van der Waals surface area contributed by atoms with Crippen LogP contribution < -0.4 is 4.74 Å². The van der Waals surface area contributed by atoms with Crippen LogP contribution in [0.25, 0.3) is 0 Å². The number of ether oxygens (including phenoxy) is 1. The lowest BCUT2D eigenvalue weighted by molar-refractivity contribution is 0.461. The molecule has 1 nitrogen and oxygen atoms in total. The minimum Gasteiger partial charge on any atom is -0.456 e. The van der Waals surface area contributed by atoms with Gasteiger partial charge in [-0.15, -0.1) is 0 Å². The zero-order valence-electron chi connectivity index (χ0n) is 13.4. The Morgan fingerprint density at radius 1 is 0.714 bits per heavy atom. The third-order valence-corrected chi connectivity index (χ3v) is 4.37. The molecule has 0 aromatic heterocycles. The molecule has 0 radical (unpaired) electrons. The highest BCUT2D eigenvalue weighted by Gasteiger charge is 2.21. The van der Waals surface area contributed by atoms with Crippen molar-refractivity contribution < 1.29 is 4.74 Å². The van der Waals surface area contributed by atoms with Crippen molar-refractivity contribution in [2.45, 2.75) is 52.4 Å². The SMILES string of the molecule is CC(C)c1cccc2c1Oc1c(cccc1C(C)C)CC2. The molecular weight excluding hydrogens is 256 g/mol. The average Bonchev–Trinajstić information content (AvgIpc) is 2.65. The fourth-order valence-corrected chi connectivity index (χ4v) is 3.13. The number of hydrogen-bond donors (Lipinski definition) is 0. The molecule has 2 aromatic rings. The fraction of sp³-hybridized carbons (Fsp3) is 0.400. The summed E-state index contributed by atoms with van der Waals surface area (Å²) in [5.41, 5.74) is 5.32. The number of hydrogen-bond acceptors (Lipinski definition) is 1. The van der Waals surface area contributed by atoms with Gasteiger partial charge >= 0.3 is 0 Å². The summed E-state index contributed by atoms with van der Waals surface area (Å²) in [5.74, 6) is 3.15. The Morgan fingerprint density at radius 3 is 1.52 bits per heavy atom. The van der Waals surface area contributed by atoms with Gasteiger partial charge < -0.3 is 4.74 Å². The van der Waals surface area contributed by atoms with Gasteiger partial charge in [-0.05, 0) is 46.9 Å². The van der Waals surface area contributed by atoms with Crippen molar-refractivity contribution >= 4 is 0 Å². The van der Waals surface area contributed by atoms with Crippen LogP contribution in [-0.4, -0.2) is 0 Å². The Morgan fingerprint density at radius 2 is 1.14 bits per heavy atom. The van der Waals surface area contributed by atoms with Crippen molar-refractivity contribution in [2.75, 3.05) is 0 Å². The number of fused-ring (bicyclic) bond motifs is 2. The first-order valence-corrected chi connectivity index (χ1v) is 7.99. The zero-order valence-corrected chi connectivity index (χ0v) is 13.4. The van der Waals surface area contributed by atoms with Gasteiger partial charge in [-0.2, -0.15) is 0 Å². The van der Waals surface area contributed by atoms with Crippen LogP contribution in [0.5, 0.6) is 11.5 Å². The molecule has 3 rings (SSSR count). The molecule has 2 aromatic carbocycles. The van der Waals surface area contributed by atoms with Gasteiger partial charge in [0.25, 0.3) is 0 Å². The first kappa shape index (κ1) is 14.2. The van der Waals surface area contributed by atoms with Gasteiger partial charge in [0.15, 0.2) is 0 Å². The molecule has 0 saturated carbocycles. The summed E-state index contributed by atoms with van der Waals surface area (Å²) in [7, 11) is 0. The lowest BCUT2D eigenvalue weighted by Crippen LogP contribution is -1.99. The Labute approximate surface area is 128 Å². The predicted octanol–water partition coefficient (Wildman–Crippen LogP) is 5.82. The van der Waals surface area contributed by atoms with Crippen molar-refractivity contribution in [2.24, 2.45) is 0 Å². The maximum Gasteiger partial charge on any atom is 0.134 e. The van der Waals surface area contributed by atoms with Gasteiger partial charge in [-0.3, -0.25) is 0 Å². The molecule has 0 fully saturated rings. The van der Waals surface area contributed by atoms with Gasteiger partial charge in [0.05, 0.1) is 0 Å². The van der Waals surface area contributed by atoms with Gasteiger partial charge in [0.1, 0.15) is 11.5 Å². The third-order valence-electron chi connectivity index (χ3n) is 4.37. The van der Waals surface area contributed by atoms with E-state index in [0.29, 0.717) is 11.8 Å². The van der Waals surface area contributed by atoms with Crippen molar-refractivity contribution in [1.29, 1.82) is 0 Å². The zero-order chi connectivity index (χ0) is 15.0. The second-order valence-corrected chi connectivity index (χ2v) is 6.58. The second kappa shape index (κ2) is 5.55. The molecule has 1 aliphatic rings. The maximum absolute atomic E-state index is 6.49. The topological polar surface area (TPSA) is 9.23 Å². The van der Waals surface area contributed by atoms with E-state index in [0.717, 1.165) is 24.3 Å². The molecule has 0 unspecified atom stereocenters. The Balaban J connectivity index is 2.16. The van der Waals surface area contributed by atoms with E-state index in [9.17, 15) is 0 Å². The summed E-state index contributed by atoms with van der Waals surface area (Å²) >= 11 is 0. The fourth-order valence-electron chi connectivity index (χ4n) is 3.13. The van der Waals surface area contributed by atoms with E-state index in [4.69, 9.17) is 4.74 Å². The van der Waals surface area contributed by atoms with E-state index in [-0.39, 0.29) is 0 Å². The minimum atomic E-state index is 0.479. The van der Waals surface area contributed by atoms with Gasteiger partial charge in [-0.25, -0.2) is 0 Å². The molecule has 0 N–H and O–H groups in total. The molecule has 0 atom stereocenters. The summed E-state index contributed by atoms with van der Waals surface area (Å²) in [4.78, 5) is 0. The van der Waals surface area contributed by atoms with Crippen LogP contribution >= 0.6 is 0 Å². The number of aryl methyl sites for hydroxylation is 2. The minimum absolute atomic E-state index is 0.479. The van der Waals surface area contributed by atoms with Crippen LogP contribution in [-0.2, 0) is 12.8 Å². The van der Waals surface area contributed by atoms with Crippen molar-refractivity contribution in [3.05, 3.63) is 58.7 Å². The Hall–Kier alpha value is -1.76. The second-order valence-electron chi connectivity index (χ2n) is 6.58. The first-order chi connectivity index (χ1) is 10.1. The van der Waals surface area contributed by atoms with Crippen molar-refractivity contribution in [1.82, 2.24) is 0 Å². The first-order valence-electron chi connectivity index (χ1n) is 7.99. The lowest BCUT2D eigenvalue weighted by Gasteiger charge is -2.19. The monoisotopic (exact) mass is 280 g/mol. The summed E-state index contributed by atoms with van der Waals surface area (Å²) in [5, 5.41) is 0. The largest absolute Gasteiger partial charge is 0.456 e. The van der Waals surface area contributed by atoms with Crippen LogP contribution in [0.15, 0.2) is 36.4 Å². The molecule has 21 heavy (non-hydrogen) atoms. The average molecular weight is 280 g/mol. The summed E-state index contributed by atoms with van der Waals surface area (Å²) in [6, 6.07) is 13.1. The van der Waals surface area contributed by atoms with Crippen LogP contribution in [0.4, 0.5) is 0 Å². The summed E-state index contributed by atoms with van der Waals surface area (Å²) < 4.78 is 6.49. The van der Waals surface area contributed by atoms with Crippen LogP contribution in [0, 0.1) is 0 Å². The van der Waals surface area contributed by atoms with E-state index >= 15 is 0 Å².